The van der Waals surface area contributed by atoms with Crippen LogP contribution in [0.25, 0.3) is 0 Å². The maximum atomic E-state index is 14.7. The van der Waals surface area contributed by atoms with Crippen LogP contribution in [0.15, 0.2) is 55.6 Å². The molecule has 3 aliphatic heterocycles. The lowest BCUT2D eigenvalue weighted by atomic mass is 9.66. The van der Waals surface area contributed by atoms with Crippen LogP contribution >= 0.6 is 0 Å². The fourth-order valence-electron chi connectivity index (χ4n) is 7.55. The molecule has 2 unspecified atom stereocenters. The van der Waals surface area contributed by atoms with Crippen molar-refractivity contribution in [1.82, 2.24) is 14.7 Å². The van der Waals surface area contributed by atoms with Crippen LogP contribution in [0.3, 0.4) is 0 Å². The van der Waals surface area contributed by atoms with Crippen LogP contribution in [-0.4, -0.2) is 87.1 Å². The van der Waals surface area contributed by atoms with Gasteiger partial charge in [-0.25, -0.2) is 0 Å². The number of nitrogens with zero attached hydrogens (tertiary/aromatic N) is 3. The quantitative estimate of drug-likeness (QED) is 0.315. The molecule has 1 aromatic carbocycles. The summed E-state index contributed by atoms with van der Waals surface area (Å²) in [6.07, 6.45) is 6.95. The Morgan fingerprint density at radius 1 is 1.12 bits per heavy atom. The summed E-state index contributed by atoms with van der Waals surface area (Å²) >= 11 is 0. The second-order valence-electron chi connectivity index (χ2n) is 12.5. The Morgan fingerprint density at radius 3 is 2.38 bits per heavy atom. The predicted octanol–water partition coefficient (Wildman–Crippen LogP) is 4.19. The van der Waals surface area contributed by atoms with Crippen LogP contribution in [0.4, 0.5) is 0 Å². The van der Waals surface area contributed by atoms with E-state index >= 15 is 0 Å². The van der Waals surface area contributed by atoms with Crippen LogP contribution in [-0.2, 0) is 25.7 Å². The van der Waals surface area contributed by atoms with E-state index in [1.165, 1.54) is 0 Å². The van der Waals surface area contributed by atoms with Gasteiger partial charge in [0.1, 0.15) is 11.6 Å². The minimum atomic E-state index is -1.14. The first kappa shape index (κ1) is 32.0. The highest BCUT2D eigenvalue weighted by molar-refractivity contribution is 5.99. The average Bonchev–Trinajstić information content (AvgIpc) is 3.56. The maximum Gasteiger partial charge on any atom is 0.248 e. The minimum Gasteiger partial charge on any atom is -0.394 e. The lowest BCUT2D eigenvalue weighted by Gasteiger charge is -2.41. The SMILES string of the molecule is C=CCN(CCCC)C(=O)C1N([C@@H](CO)[C@@H](C)CC)C(=O)[C@@H]2[C@@H](C(=O)N(CC=C)Cc3ccccc3)[C@@]3(C)CCC12O3. The maximum absolute atomic E-state index is 14.7. The molecule has 1 aromatic rings. The number of aliphatic hydroxyl groups is 1. The summed E-state index contributed by atoms with van der Waals surface area (Å²) in [5, 5.41) is 10.6. The molecule has 7 atom stereocenters. The van der Waals surface area contributed by atoms with Crippen LogP contribution in [0.1, 0.15) is 65.4 Å². The number of hydrogen-bond donors (Lipinski definition) is 1. The summed E-state index contributed by atoms with van der Waals surface area (Å²) in [5.41, 5.74) is -1.03. The first-order valence-electron chi connectivity index (χ1n) is 15.6. The Bertz CT molecular complexity index is 1160. The van der Waals surface area contributed by atoms with E-state index in [0.29, 0.717) is 39.0 Å². The van der Waals surface area contributed by atoms with Crippen molar-refractivity contribution in [2.24, 2.45) is 17.8 Å². The van der Waals surface area contributed by atoms with Crippen LogP contribution in [0, 0.1) is 17.8 Å². The van der Waals surface area contributed by atoms with E-state index in [2.05, 4.69) is 20.1 Å². The number of amides is 3. The molecule has 4 rings (SSSR count). The molecule has 8 nitrogen and oxygen atoms in total. The highest BCUT2D eigenvalue weighted by atomic mass is 16.5. The van der Waals surface area contributed by atoms with E-state index in [9.17, 15) is 19.5 Å². The zero-order valence-electron chi connectivity index (χ0n) is 25.8. The molecule has 3 amide bonds. The molecule has 0 aliphatic carbocycles. The number of likely N-dealkylation sites (tertiary alicyclic amines) is 1. The van der Waals surface area contributed by atoms with Gasteiger partial charge in [0, 0.05) is 26.2 Å². The summed E-state index contributed by atoms with van der Waals surface area (Å²) in [4.78, 5) is 48.8. The molecule has 3 fully saturated rings. The van der Waals surface area contributed by atoms with Gasteiger partial charge in [-0.1, -0.05) is 76.1 Å². The molecule has 0 saturated carbocycles. The fourth-order valence-corrected chi connectivity index (χ4v) is 7.55. The smallest absolute Gasteiger partial charge is 0.248 e. The summed E-state index contributed by atoms with van der Waals surface area (Å²) in [6.45, 7) is 17.1. The van der Waals surface area contributed by atoms with Crippen molar-refractivity contribution in [2.45, 2.75) is 89.6 Å². The molecule has 8 heteroatoms. The molecule has 1 N–H and O–H groups in total. The topological polar surface area (TPSA) is 90.4 Å². The molecule has 42 heavy (non-hydrogen) atoms. The average molecular weight is 580 g/mol. The number of ether oxygens (including phenoxy) is 1. The van der Waals surface area contributed by atoms with Gasteiger partial charge in [0.2, 0.25) is 17.7 Å². The van der Waals surface area contributed by atoms with Crippen molar-refractivity contribution >= 4 is 17.7 Å². The third kappa shape index (κ3) is 5.44. The molecule has 2 bridgehead atoms. The van der Waals surface area contributed by atoms with Crippen molar-refractivity contribution in [1.29, 1.82) is 0 Å². The van der Waals surface area contributed by atoms with E-state index in [0.717, 1.165) is 24.8 Å². The summed E-state index contributed by atoms with van der Waals surface area (Å²) < 4.78 is 6.87. The Morgan fingerprint density at radius 2 is 1.79 bits per heavy atom. The summed E-state index contributed by atoms with van der Waals surface area (Å²) in [6, 6.07) is 8.29. The van der Waals surface area contributed by atoms with E-state index in [1.54, 1.807) is 26.9 Å². The summed E-state index contributed by atoms with van der Waals surface area (Å²) in [5.74, 6) is -2.22. The molecule has 3 saturated heterocycles. The number of rotatable bonds is 15. The number of unbranched alkanes of at least 4 members (excludes halogenated alkanes) is 1. The Kier molecular flexibility index (Phi) is 9.99. The Hall–Kier alpha value is -2.97. The number of benzene rings is 1. The van der Waals surface area contributed by atoms with Gasteiger partial charge in [-0.05, 0) is 37.7 Å². The molecular formula is C34H49N3O5. The van der Waals surface area contributed by atoms with E-state index in [4.69, 9.17) is 4.74 Å². The Balaban J connectivity index is 1.80. The number of aliphatic hydroxyl groups excluding tert-OH is 1. The number of carbonyl (C=O) groups excluding carboxylic acids is 3. The van der Waals surface area contributed by atoms with Gasteiger partial charge in [0.05, 0.1) is 30.1 Å². The minimum absolute atomic E-state index is 0.0507. The first-order valence-corrected chi connectivity index (χ1v) is 15.6. The highest BCUT2D eigenvalue weighted by Gasteiger charge is 2.79. The molecule has 1 spiro atoms. The fraction of sp³-hybridized carbons (Fsp3) is 0.618. The van der Waals surface area contributed by atoms with Gasteiger partial charge in [-0.15, -0.1) is 13.2 Å². The van der Waals surface area contributed by atoms with Crippen LogP contribution in [0.2, 0.25) is 0 Å². The third-order valence-electron chi connectivity index (χ3n) is 9.88. The number of hydrogen-bond acceptors (Lipinski definition) is 5. The third-order valence-corrected chi connectivity index (χ3v) is 9.88. The zero-order valence-corrected chi connectivity index (χ0v) is 25.8. The molecule has 0 radical (unpaired) electrons. The molecule has 0 aromatic heterocycles. The van der Waals surface area contributed by atoms with Crippen LogP contribution < -0.4 is 0 Å². The van der Waals surface area contributed by atoms with Crippen molar-refractivity contribution in [3.63, 3.8) is 0 Å². The highest BCUT2D eigenvalue weighted by Crippen LogP contribution is 2.64. The second-order valence-corrected chi connectivity index (χ2v) is 12.5. The van der Waals surface area contributed by atoms with Gasteiger partial charge >= 0.3 is 0 Å². The van der Waals surface area contributed by atoms with Crippen LogP contribution in [0.5, 0.6) is 0 Å². The van der Waals surface area contributed by atoms with Gasteiger partial charge in [0.25, 0.3) is 0 Å². The van der Waals surface area contributed by atoms with E-state index in [-0.39, 0.29) is 30.2 Å². The van der Waals surface area contributed by atoms with Crippen molar-refractivity contribution in [2.75, 3.05) is 26.2 Å². The van der Waals surface area contributed by atoms with Crippen molar-refractivity contribution in [3.05, 3.63) is 61.2 Å². The standard InChI is InChI=1S/C34H49N3O5/c1-7-11-21-35(19-8-2)32(41)29-34-18-17-33(6,42-34)27(28(34)31(40)37(29)26(23-38)24(5)10-4)30(39)36(20-9-3)22-25-15-13-12-14-16-25/h8-9,12-16,24,26-29,38H,2-3,7,10-11,17-23H2,1,4-6H3/t24-,26-,27-,28-,29?,33+,34?/m0/s1. The lowest BCUT2D eigenvalue weighted by Crippen LogP contribution is -2.60. The normalized spacial score (nSPS) is 29.2. The molecule has 3 aliphatic rings. The largest absolute Gasteiger partial charge is 0.394 e. The monoisotopic (exact) mass is 579 g/mol. The second kappa shape index (κ2) is 13.1. The molecule has 3 heterocycles. The van der Waals surface area contributed by atoms with Crippen molar-refractivity contribution in [3.8, 4) is 0 Å². The van der Waals surface area contributed by atoms with E-state index < -0.39 is 35.1 Å². The molecule has 230 valence electrons. The molecular weight excluding hydrogens is 530 g/mol. The number of carbonyl (C=O) groups is 3. The van der Waals surface area contributed by atoms with Crippen molar-refractivity contribution < 1.29 is 24.2 Å². The first-order chi connectivity index (χ1) is 20.1. The van der Waals surface area contributed by atoms with Gasteiger partial charge in [-0.3, -0.25) is 14.4 Å². The van der Waals surface area contributed by atoms with E-state index in [1.807, 2.05) is 51.1 Å². The van der Waals surface area contributed by atoms with Gasteiger partial charge < -0.3 is 24.5 Å². The zero-order chi connectivity index (χ0) is 30.7. The van der Waals surface area contributed by atoms with Gasteiger partial charge in [0.15, 0.2) is 0 Å². The summed E-state index contributed by atoms with van der Waals surface area (Å²) in [7, 11) is 0. The lowest BCUT2D eigenvalue weighted by molar-refractivity contribution is -0.157. The van der Waals surface area contributed by atoms with Gasteiger partial charge in [-0.2, -0.15) is 0 Å². The predicted molar refractivity (Wildman–Crippen MR) is 163 cm³/mol. The number of fused-ring (bicyclic) bond motifs is 1. The Labute approximate surface area is 251 Å².